The average molecular weight is 342 g/mol. The highest BCUT2D eigenvalue weighted by Crippen LogP contribution is 2.32. The highest BCUT2D eigenvalue weighted by molar-refractivity contribution is 7.93. The van der Waals surface area contributed by atoms with Crippen LogP contribution in [0.4, 0.5) is 5.69 Å². The van der Waals surface area contributed by atoms with Crippen LogP contribution in [0.25, 0.3) is 0 Å². The molecule has 7 nitrogen and oxygen atoms in total. The summed E-state index contributed by atoms with van der Waals surface area (Å²) in [7, 11) is -3.02. The second kappa shape index (κ2) is 6.29. The first-order chi connectivity index (χ1) is 9.16. The molecule has 0 fully saturated rings. The summed E-state index contributed by atoms with van der Waals surface area (Å²) in [5, 5.41) is 8.38. The van der Waals surface area contributed by atoms with Crippen LogP contribution in [0.3, 0.4) is 0 Å². The van der Waals surface area contributed by atoms with Crippen LogP contribution in [0.5, 0.6) is 0 Å². The van der Waals surface area contributed by atoms with E-state index in [0.29, 0.717) is 0 Å². The fourth-order valence-corrected chi connectivity index (χ4v) is 2.92. The Morgan fingerprint density at radius 1 is 1.30 bits per heavy atom. The number of esters is 1. The Kier molecular flexibility index (Phi) is 5.21. The number of carbonyl (C=O) groups is 2. The lowest BCUT2D eigenvalue weighted by Crippen LogP contribution is -2.24. The van der Waals surface area contributed by atoms with Crippen molar-refractivity contribution < 1.29 is 27.9 Å². The van der Waals surface area contributed by atoms with Crippen molar-refractivity contribution in [3.63, 3.8) is 0 Å². The van der Waals surface area contributed by atoms with E-state index >= 15 is 0 Å². The van der Waals surface area contributed by atoms with E-state index in [1.807, 2.05) is 4.72 Å². The SMILES string of the molecule is COC(=O)CS(=O)(=O)Nc1c(Cl)cc(C(=O)O)cc1Cl. The molecule has 0 radical (unpaired) electrons. The Hall–Kier alpha value is -1.51. The standard InChI is InChI=1S/C10H9Cl2NO6S/c1-19-8(14)4-20(17,18)13-9-6(11)2-5(10(15)16)3-7(9)12/h2-3,13H,4H2,1H3,(H,15,16). The number of halogens is 2. The number of hydrogen-bond acceptors (Lipinski definition) is 5. The summed E-state index contributed by atoms with van der Waals surface area (Å²) >= 11 is 11.5. The van der Waals surface area contributed by atoms with Gasteiger partial charge in [-0.25, -0.2) is 13.2 Å². The summed E-state index contributed by atoms with van der Waals surface area (Å²) in [6.07, 6.45) is 0. The minimum Gasteiger partial charge on any atom is -0.478 e. The van der Waals surface area contributed by atoms with Crippen molar-refractivity contribution in [1.82, 2.24) is 0 Å². The van der Waals surface area contributed by atoms with Gasteiger partial charge in [0.1, 0.15) is 0 Å². The van der Waals surface area contributed by atoms with Crippen molar-refractivity contribution in [3.8, 4) is 0 Å². The van der Waals surface area contributed by atoms with Crippen LogP contribution < -0.4 is 4.72 Å². The van der Waals surface area contributed by atoms with Gasteiger partial charge < -0.3 is 9.84 Å². The van der Waals surface area contributed by atoms with E-state index in [1.165, 1.54) is 0 Å². The summed E-state index contributed by atoms with van der Waals surface area (Å²) in [4.78, 5) is 21.7. The van der Waals surface area contributed by atoms with Crippen LogP contribution >= 0.6 is 23.2 Å². The molecule has 1 aromatic carbocycles. The average Bonchev–Trinajstić information content (AvgIpc) is 2.32. The molecule has 110 valence electrons. The molecule has 0 aliphatic carbocycles. The van der Waals surface area contributed by atoms with Crippen molar-refractivity contribution >= 4 is 50.9 Å². The van der Waals surface area contributed by atoms with Gasteiger partial charge in [0.05, 0.1) is 28.4 Å². The van der Waals surface area contributed by atoms with Crippen LogP contribution in [0.2, 0.25) is 10.0 Å². The molecule has 0 unspecified atom stereocenters. The predicted octanol–water partition coefficient (Wildman–Crippen LogP) is 1.61. The molecule has 0 amide bonds. The Balaban J connectivity index is 3.10. The molecule has 0 aromatic heterocycles. The number of ether oxygens (including phenoxy) is 1. The summed E-state index contributed by atoms with van der Waals surface area (Å²) in [6, 6.07) is 2.07. The molecular weight excluding hydrogens is 333 g/mol. The minimum absolute atomic E-state index is 0.198. The third-order valence-electron chi connectivity index (χ3n) is 2.08. The molecule has 0 aliphatic rings. The second-order valence-electron chi connectivity index (χ2n) is 3.56. The third-order valence-corrected chi connectivity index (χ3v) is 3.81. The minimum atomic E-state index is -4.06. The summed E-state index contributed by atoms with van der Waals surface area (Å²) in [5.74, 6) is -3.15. The fourth-order valence-electron chi connectivity index (χ4n) is 1.20. The number of aromatic carboxylic acids is 1. The van der Waals surface area contributed by atoms with Crippen molar-refractivity contribution in [2.75, 3.05) is 17.6 Å². The van der Waals surface area contributed by atoms with Gasteiger partial charge in [0.2, 0.25) is 10.0 Å². The van der Waals surface area contributed by atoms with Crippen LogP contribution in [0.1, 0.15) is 10.4 Å². The molecule has 0 bridgehead atoms. The molecule has 0 saturated heterocycles. The Morgan fingerprint density at radius 2 is 1.80 bits per heavy atom. The fraction of sp³-hybridized carbons (Fsp3) is 0.200. The number of methoxy groups -OCH3 is 1. The largest absolute Gasteiger partial charge is 0.478 e. The normalized spacial score (nSPS) is 10.9. The van der Waals surface area contributed by atoms with Gasteiger partial charge in [-0.1, -0.05) is 23.2 Å². The lowest BCUT2D eigenvalue weighted by Gasteiger charge is -2.11. The molecule has 20 heavy (non-hydrogen) atoms. The van der Waals surface area contributed by atoms with E-state index in [2.05, 4.69) is 4.74 Å². The van der Waals surface area contributed by atoms with Gasteiger partial charge in [0.15, 0.2) is 5.75 Å². The predicted molar refractivity (Wildman–Crippen MR) is 72.8 cm³/mol. The Morgan fingerprint density at radius 3 is 2.20 bits per heavy atom. The second-order valence-corrected chi connectivity index (χ2v) is 6.09. The molecule has 0 spiro atoms. The topological polar surface area (TPSA) is 110 Å². The molecule has 1 aromatic rings. The Bertz CT molecular complexity index is 635. The van der Waals surface area contributed by atoms with Crippen molar-refractivity contribution in [2.24, 2.45) is 0 Å². The molecule has 0 heterocycles. The van der Waals surface area contributed by atoms with Crippen LogP contribution in [0.15, 0.2) is 12.1 Å². The van der Waals surface area contributed by atoms with E-state index in [0.717, 1.165) is 19.2 Å². The first kappa shape index (κ1) is 16.5. The maximum atomic E-state index is 11.6. The molecule has 2 N–H and O–H groups in total. The molecule has 0 aliphatic heterocycles. The van der Waals surface area contributed by atoms with Crippen molar-refractivity contribution in [1.29, 1.82) is 0 Å². The molecule has 1 rings (SSSR count). The zero-order chi connectivity index (χ0) is 15.5. The number of carboxylic acid groups (broad SMARTS) is 1. The van der Waals surface area contributed by atoms with E-state index in [4.69, 9.17) is 28.3 Å². The first-order valence-electron chi connectivity index (χ1n) is 4.96. The van der Waals surface area contributed by atoms with Gasteiger partial charge in [0, 0.05) is 0 Å². The third kappa shape index (κ3) is 4.26. The number of rotatable bonds is 5. The Labute approximate surface area is 124 Å². The highest BCUT2D eigenvalue weighted by Gasteiger charge is 2.21. The molecular formula is C10H9Cl2NO6S. The van der Waals surface area contributed by atoms with Crippen LogP contribution in [0, 0.1) is 0 Å². The number of nitrogens with one attached hydrogen (secondary N) is 1. The zero-order valence-corrected chi connectivity index (χ0v) is 12.3. The number of anilines is 1. The van der Waals surface area contributed by atoms with E-state index < -0.39 is 27.7 Å². The zero-order valence-electron chi connectivity index (χ0n) is 10.0. The van der Waals surface area contributed by atoms with Gasteiger partial charge in [-0.3, -0.25) is 9.52 Å². The van der Waals surface area contributed by atoms with Crippen LogP contribution in [-0.2, 0) is 19.6 Å². The lowest BCUT2D eigenvalue weighted by atomic mass is 10.2. The van der Waals surface area contributed by atoms with Crippen LogP contribution in [-0.4, -0.2) is 38.3 Å². The summed E-state index contributed by atoms with van der Waals surface area (Å²) in [6.45, 7) is 0. The summed E-state index contributed by atoms with van der Waals surface area (Å²) in [5.41, 5.74) is -0.404. The van der Waals surface area contributed by atoms with Gasteiger partial charge in [0.25, 0.3) is 0 Å². The number of sulfonamides is 1. The quantitative estimate of drug-likeness (QED) is 0.787. The van der Waals surface area contributed by atoms with Gasteiger partial charge in [-0.15, -0.1) is 0 Å². The highest BCUT2D eigenvalue weighted by atomic mass is 35.5. The van der Waals surface area contributed by atoms with Crippen molar-refractivity contribution in [2.45, 2.75) is 0 Å². The van der Waals surface area contributed by atoms with E-state index in [9.17, 15) is 18.0 Å². The van der Waals surface area contributed by atoms with Gasteiger partial charge in [-0.05, 0) is 12.1 Å². The number of benzene rings is 1. The maximum absolute atomic E-state index is 11.6. The van der Waals surface area contributed by atoms with Gasteiger partial charge >= 0.3 is 11.9 Å². The van der Waals surface area contributed by atoms with E-state index in [1.54, 1.807) is 0 Å². The number of carbonyl (C=O) groups excluding carboxylic acids is 1. The maximum Gasteiger partial charge on any atom is 0.335 e. The van der Waals surface area contributed by atoms with E-state index in [-0.39, 0.29) is 21.3 Å². The monoisotopic (exact) mass is 341 g/mol. The molecule has 0 saturated carbocycles. The molecule has 10 heteroatoms. The molecule has 0 atom stereocenters. The first-order valence-corrected chi connectivity index (χ1v) is 7.36. The summed E-state index contributed by atoms with van der Waals surface area (Å²) < 4.78 is 29.5. The smallest absolute Gasteiger partial charge is 0.335 e. The van der Waals surface area contributed by atoms with Crippen molar-refractivity contribution in [3.05, 3.63) is 27.7 Å². The number of hydrogen-bond donors (Lipinski definition) is 2. The van der Waals surface area contributed by atoms with Gasteiger partial charge in [-0.2, -0.15) is 0 Å². The lowest BCUT2D eigenvalue weighted by molar-refractivity contribution is -0.137. The number of carboxylic acids is 1.